The molecule has 0 spiro atoms. The van der Waals surface area contributed by atoms with Crippen molar-refractivity contribution in [2.24, 2.45) is 0 Å². The van der Waals surface area contributed by atoms with Crippen molar-refractivity contribution in [3.63, 3.8) is 0 Å². The molecular formula is C14H22N2O2. The van der Waals surface area contributed by atoms with Gasteiger partial charge in [0, 0.05) is 31.1 Å². The molecule has 18 heavy (non-hydrogen) atoms. The van der Waals surface area contributed by atoms with Gasteiger partial charge in [-0.25, -0.2) is 0 Å². The number of hydrogen-bond donors (Lipinski definition) is 0. The number of nitrogens with zero attached hydrogens (tertiary/aromatic N) is 2. The Hall–Kier alpha value is -1.29. The van der Waals surface area contributed by atoms with Crippen LogP contribution in [0.15, 0.2) is 12.1 Å². The molecule has 1 aliphatic heterocycles. The van der Waals surface area contributed by atoms with E-state index in [-0.39, 0.29) is 18.6 Å². The molecular weight excluding hydrogens is 228 g/mol. The third-order valence-electron chi connectivity index (χ3n) is 3.59. The molecule has 1 aromatic heterocycles. The quantitative estimate of drug-likeness (QED) is 0.767. The van der Waals surface area contributed by atoms with Crippen LogP contribution in [0.5, 0.6) is 0 Å². The summed E-state index contributed by atoms with van der Waals surface area (Å²) in [6, 6.07) is 4.38. The number of aromatic nitrogens is 1. The fourth-order valence-electron chi connectivity index (χ4n) is 2.55. The van der Waals surface area contributed by atoms with Crippen molar-refractivity contribution in [3.8, 4) is 0 Å². The Bertz CT molecular complexity index is 425. The van der Waals surface area contributed by atoms with Crippen molar-refractivity contribution in [2.75, 3.05) is 19.8 Å². The zero-order valence-electron chi connectivity index (χ0n) is 11.5. The molecule has 0 radical (unpaired) electrons. The number of hydrogen-bond acceptors (Lipinski definition) is 2. The summed E-state index contributed by atoms with van der Waals surface area (Å²) in [5, 5.41) is 0. The molecule has 1 amide bonds. The molecule has 4 heteroatoms. The van der Waals surface area contributed by atoms with Gasteiger partial charge in [0.1, 0.15) is 6.61 Å². The molecule has 1 atom stereocenters. The molecule has 0 saturated carbocycles. The van der Waals surface area contributed by atoms with E-state index in [2.05, 4.69) is 30.5 Å². The molecule has 4 nitrogen and oxygen atoms in total. The van der Waals surface area contributed by atoms with E-state index < -0.39 is 0 Å². The number of carbonyl (C=O) groups excluding carboxylic acids is 1. The summed E-state index contributed by atoms with van der Waals surface area (Å²) in [5.41, 5.74) is 2.49. The number of carbonyl (C=O) groups is 1. The van der Waals surface area contributed by atoms with Crippen molar-refractivity contribution in [2.45, 2.75) is 39.8 Å². The SMILES string of the molecule is CCCOCC(=O)N1CCn2c(C)ccc2C1C. The Morgan fingerprint density at radius 1 is 1.44 bits per heavy atom. The summed E-state index contributed by atoms with van der Waals surface area (Å²) in [5.74, 6) is 0.0982. The molecule has 0 fully saturated rings. The standard InChI is InChI=1S/C14H22N2O2/c1-4-9-18-10-14(17)16-8-7-15-11(2)5-6-13(15)12(16)3/h5-6,12H,4,7-10H2,1-3H3. The van der Waals surface area contributed by atoms with Gasteiger partial charge >= 0.3 is 0 Å². The lowest BCUT2D eigenvalue weighted by Gasteiger charge is -2.35. The van der Waals surface area contributed by atoms with Gasteiger partial charge in [-0.3, -0.25) is 4.79 Å². The molecule has 100 valence electrons. The van der Waals surface area contributed by atoms with Crippen LogP contribution < -0.4 is 0 Å². The van der Waals surface area contributed by atoms with Crippen LogP contribution in [0.1, 0.15) is 37.7 Å². The molecule has 2 rings (SSSR count). The van der Waals surface area contributed by atoms with Crippen LogP contribution in [0.4, 0.5) is 0 Å². The number of rotatable bonds is 4. The van der Waals surface area contributed by atoms with Gasteiger partial charge in [0.25, 0.3) is 0 Å². The van der Waals surface area contributed by atoms with Gasteiger partial charge in [0.05, 0.1) is 6.04 Å². The topological polar surface area (TPSA) is 34.5 Å². The number of aryl methyl sites for hydroxylation is 1. The first-order valence-corrected chi connectivity index (χ1v) is 6.68. The van der Waals surface area contributed by atoms with E-state index >= 15 is 0 Å². The highest BCUT2D eigenvalue weighted by Crippen LogP contribution is 2.27. The summed E-state index contributed by atoms with van der Waals surface area (Å²) in [6.45, 7) is 8.77. The Kier molecular flexibility index (Phi) is 4.07. The zero-order valence-corrected chi connectivity index (χ0v) is 11.5. The van der Waals surface area contributed by atoms with E-state index in [1.54, 1.807) is 0 Å². The molecule has 0 aromatic carbocycles. The van der Waals surface area contributed by atoms with E-state index in [1.807, 2.05) is 11.8 Å². The fraction of sp³-hybridized carbons (Fsp3) is 0.643. The molecule has 1 aliphatic rings. The average molecular weight is 250 g/mol. The first-order chi connectivity index (χ1) is 8.65. The van der Waals surface area contributed by atoms with Gasteiger partial charge in [-0.15, -0.1) is 0 Å². The van der Waals surface area contributed by atoms with E-state index in [4.69, 9.17) is 4.74 Å². The monoisotopic (exact) mass is 250 g/mol. The van der Waals surface area contributed by atoms with E-state index in [0.717, 1.165) is 19.5 Å². The highest BCUT2D eigenvalue weighted by atomic mass is 16.5. The second kappa shape index (κ2) is 5.57. The molecule has 0 N–H and O–H groups in total. The first kappa shape index (κ1) is 13.1. The van der Waals surface area contributed by atoms with Crippen LogP contribution in [-0.2, 0) is 16.1 Å². The number of ether oxygens (including phenoxy) is 1. The minimum atomic E-state index is 0.0982. The predicted octanol–water partition coefficient (Wildman–Crippen LogP) is 2.13. The van der Waals surface area contributed by atoms with Crippen molar-refractivity contribution < 1.29 is 9.53 Å². The molecule has 2 heterocycles. The molecule has 1 unspecified atom stereocenters. The van der Waals surface area contributed by atoms with Crippen molar-refractivity contribution in [1.29, 1.82) is 0 Å². The third kappa shape index (κ3) is 2.43. The number of amides is 1. The first-order valence-electron chi connectivity index (χ1n) is 6.68. The average Bonchev–Trinajstić information content (AvgIpc) is 2.73. The minimum Gasteiger partial charge on any atom is -0.372 e. The summed E-state index contributed by atoms with van der Waals surface area (Å²) < 4.78 is 7.63. The maximum absolute atomic E-state index is 12.1. The van der Waals surface area contributed by atoms with Gasteiger partial charge in [0.2, 0.25) is 5.91 Å². The normalized spacial score (nSPS) is 18.8. The Morgan fingerprint density at radius 2 is 2.22 bits per heavy atom. The van der Waals surface area contributed by atoms with Gasteiger partial charge in [-0.2, -0.15) is 0 Å². The lowest BCUT2D eigenvalue weighted by atomic mass is 10.1. The predicted molar refractivity (Wildman–Crippen MR) is 70.4 cm³/mol. The van der Waals surface area contributed by atoms with Crippen LogP contribution in [0.3, 0.4) is 0 Å². The summed E-state index contributed by atoms with van der Waals surface area (Å²) >= 11 is 0. The van der Waals surface area contributed by atoms with Gasteiger partial charge < -0.3 is 14.2 Å². The van der Waals surface area contributed by atoms with E-state index in [1.165, 1.54) is 11.4 Å². The molecule has 1 aromatic rings. The van der Waals surface area contributed by atoms with E-state index in [9.17, 15) is 4.79 Å². The van der Waals surface area contributed by atoms with Crippen LogP contribution >= 0.6 is 0 Å². The van der Waals surface area contributed by atoms with Crippen molar-refractivity contribution in [3.05, 3.63) is 23.5 Å². The van der Waals surface area contributed by atoms with Crippen LogP contribution in [0.2, 0.25) is 0 Å². The van der Waals surface area contributed by atoms with Crippen LogP contribution in [-0.4, -0.2) is 35.1 Å². The van der Waals surface area contributed by atoms with Gasteiger partial charge in [-0.05, 0) is 32.4 Å². The molecule has 0 aliphatic carbocycles. The maximum atomic E-state index is 12.1. The van der Waals surface area contributed by atoms with Crippen LogP contribution in [0.25, 0.3) is 0 Å². The number of fused-ring (bicyclic) bond motifs is 1. The van der Waals surface area contributed by atoms with Gasteiger partial charge in [-0.1, -0.05) is 6.92 Å². The van der Waals surface area contributed by atoms with E-state index in [0.29, 0.717) is 6.61 Å². The maximum Gasteiger partial charge on any atom is 0.249 e. The Labute approximate surface area is 109 Å². The van der Waals surface area contributed by atoms with Crippen molar-refractivity contribution in [1.82, 2.24) is 9.47 Å². The lowest BCUT2D eigenvalue weighted by molar-refractivity contribution is -0.139. The molecule has 0 saturated heterocycles. The fourth-order valence-corrected chi connectivity index (χ4v) is 2.55. The highest BCUT2D eigenvalue weighted by molar-refractivity contribution is 5.78. The molecule has 0 bridgehead atoms. The smallest absolute Gasteiger partial charge is 0.249 e. The second-order valence-corrected chi connectivity index (χ2v) is 4.87. The lowest BCUT2D eigenvalue weighted by Crippen LogP contribution is -2.42. The third-order valence-corrected chi connectivity index (χ3v) is 3.59. The summed E-state index contributed by atoms with van der Waals surface area (Å²) in [7, 11) is 0. The zero-order chi connectivity index (χ0) is 13.1. The Balaban J connectivity index is 2.02. The summed E-state index contributed by atoms with van der Waals surface area (Å²) in [6.07, 6.45) is 0.949. The minimum absolute atomic E-state index is 0.0982. The largest absolute Gasteiger partial charge is 0.372 e. The highest BCUT2D eigenvalue weighted by Gasteiger charge is 2.27. The van der Waals surface area contributed by atoms with Crippen molar-refractivity contribution >= 4 is 5.91 Å². The second-order valence-electron chi connectivity index (χ2n) is 4.87. The summed E-state index contributed by atoms with van der Waals surface area (Å²) in [4.78, 5) is 14.0. The van der Waals surface area contributed by atoms with Crippen LogP contribution in [0, 0.1) is 6.92 Å². The Morgan fingerprint density at radius 3 is 2.94 bits per heavy atom. The van der Waals surface area contributed by atoms with Gasteiger partial charge in [0.15, 0.2) is 0 Å².